The van der Waals surface area contributed by atoms with Gasteiger partial charge >= 0.3 is 12.1 Å². The monoisotopic (exact) mass is 307 g/mol. The molecular weight excluding hydrogens is 282 g/mol. The number of nitrogens with zero attached hydrogens (tertiary/aromatic N) is 1. The van der Waals surface area contributed by atoms with E-state index in [4.69, 9.17) is 9.47 Å². The summed E-state index contributed by atoms with van der Waals surface area (Å²) in [7, 11) is 1.52. The van der Waals surface area contributed by atoms with E-state index in [-0.39, 0.29) is 13.2 Å². The van der Waals surface area contributed by atoms with Gasteiger partial charge in [0.15, 0.2) is 0 Å². The minimum atomic E-state index is -0.539. The average molecular weight is 307 g/mol. The lowest BCUT2D eigenvalue weighted by atomic mass is 10.1. The van der Waals surface area contributed by atoms with Crippen LogP contribution in [0.3, 0.4) is 0 Å². The lowest BCUT2D eigenvalue weighted by Gasteiger charge is -2.16. The minimum Gasteiger partial charge on any atom is -0.464 e. The molecule has 0 aliphatic carbocycles. The molecule has 0 aliphatic heterocycles. The van der Waals surface area contributed by atoms with Gasteiger partial charge in [-0.05, 0) is 24.3 Å². The SMILES string of the molecule is CC(C)CCCOC(=O)CN(C)C(=O)OCc1ccccc1. The summed E-state index contributed by atoms with van der Waals surface area (Å²) in [5.41, 5.74) is 0.903. The van der Waals surface area contributed by atoms with Crippen molar-refractivity contribution in [1.29, 1.82) is 0 Å². The Morgan fingerprint density at radius 2 is 1.82 bits per heavy atom. The first kappa shape index (κ1) is 18.0. The molecule has 0 saturated heterocycles. The van der Waals surface area contributed by atoms with Crippen molar-refractivity contribution in [3.8, 4) is 0 Å². The Hall–Kier alpha value is -2.04. The summed E-state index contributed by atoms with van der Waals surface area (Å²) in [6, 6.07) is 9.39. The number of hydrogen-bond donors (Lipinski definition) is 0. The molecule has 5 heteroatoms. The standard InChI is InChI=1S/C17H25NO4/c1-14(2)8-7-11-21-16(19)12-18(3)17(20)22-13-15-9-5-4-6-10-15/h4-6,9-10,14H,7-8,11-13H2,1-3H3. The summed E-state index contributed by atoms with van der Waals surface area (Å²) < 4.78 is 10.2. The van der Waals surface area contributed by atoms with Crippen molar-refractivity contribution in [3.05, 3.63) is 35.9 Å². The zero-order valence-corrected chi connectivity index (χ0v) is 13.6. The van der Waals surface area contributed by atoms with E-state index in [1.807, 2.05) is 30.3 Å². The molecule has 1 aromatic carbocycles. The van der Waals surface area contributed by atoms with E-state index in [0.717, 1.165) is 18.4 Å². The van der Waals surface area contributed by atoms with Gasteiger partial charge in [0.25, 0.3) is 0 Å². The molecule has 0 heterocycles. The van der Waals surface area contributed by atoms with Crippen LogP contribution in [0.2, 0.25) is 0 Å². The Morgan fingerprint density at radius 1 is 1.14 bits per heavy atom. The van der Waals surface area contributed by atoms with Crippen LogP contribution in [0.4, 0.5) is 4.79 Å². The second kappa shape index (κ2) is 9.82. The van der Waals surface area contributed by atoms with Gasteiger partial charge in [0.2, 0.25) is 0 Å². The summed E-state index contributed by atoms with van der Waals surface area (Å²) >= 11 is 0. The highest BCUT2D eigenvalue weighted by atomic mass is 16.6. The van der Waals surface area contributed by atoms with Crippen LogP contribution in [-0.2, 0) is 20.9 Å². The highest BCUT2D eigenvalue weighted by molar-refractivity contribution is 5.77. The normalized spacial score (nSPS) is 10.4. The number of esters is 1. The van der Waals surface area contributed by atoms with E-state index in [0.29, 0.717) is 12.5 Å². The second-order valence-corrected chi connectivity index (χ2v) is 5.65. The van der Waals surface area contributed by atoms with Crippen LogP contribution in [0.25, 0.3) is 0 Å². The number of amides is 1. The molecule has 0 saturated carbocycles. The van der Waals surface area contributed by atoms with E-state index in [1.54, 1.807) is 0 Å². The number of carbonyl (C=O) groups is 2. The number of rotatable bonds is 8. The van der Waals surface area contributed by atoms with Crippen LogP contribution in [0.15, 0.2) is 30.3 Å². The first-order valence-electron chi connectivity index (χ1n) is 7.56. The van der Waals surface area contributed by atoms with Gasteiger partial charge in [0, 0.05) is 7.05 Å². The quantitative estimate of drug-likeness (QED) is 0.546. The van der Waals surface area contributed by atoms with Crippen molar-refractivity contribution in [2.24, 2.45) is 5.92 Å². The summed E-state index contributed by atoms with van der Waals surface area (Å²) in [6.07, 6.45) is 1.32. The lowest BCUT2D eigenvalue weighted by molar-refractivity contribution is -0.144. The molecule has 0 aromatic heterocycles. The Labute approximate surface area is 132 Å². The Bertz CT molecular complexity index is 459. The van der Waals surface area contributed by atoms with Crippen LogP contribution in [0.5, 0.6) is 0 Å². The smallest absolute Gasteiger partial charge is 0.410 e. The minimum absolute atomic E-state index is 0.102. The maximum atomic E-state index is 11.8. The van der Waals surface area contributed by atoms with Crippen LogP contribution in [0, 0.1) is 5.92 Å². The molecule has 22 heavy (non-hydrogen) atoms. The molecule has 0 bridgehead atoms. The maximum Gasteiger partial charge on any atom is 0.410 e. The summed E-state index contributed by atoms with van der Waals surface area (Å²) in [5.74, 6) is 0.178. The highest BCUT2D eigenvalue weighted by Crippen LogP contribution is 2.04. The van der Waals surface area contributed by atoms with Gasteiger partial charge in [-0.25, -0.2) is 4.79 Å². The third-order valence-corrected chi connectivity index (χ3v) is 3.07. The summed E-state index contributed by atoms with van der Waals surface area (Å²) in [6.45, 7) is 4.73. The van der Waals surface area contributed by atoms with Gasteiger partial charge in [0.05, 0.1) is 6.61 Å². The predicted octanol–water partition coefficient (Wildman–Crippen LogP) is 3.23. The Morgan fingerprint density at radius 3 is 2.45 bits per heavy atom. The van der Waals surface area contributed by atoms with Crippen molar-refractivity contribution in [2.75, 3.05) is 20.2 Å². The number of carbonyl (C=O) groups excluding carboxylic acids is 2. The topological polar surface area (TPSA) is 55.8 Å². The first-order chi connectivity index (χ1) is 10.5. The molecule has 1 aromatic rings. The molecule has 5 nitrogen and oxygen atoms in total. The molecule has 0 aliphatic rings. The van der Waals surface area contributed by atoms with Crippen LogP contribution >= 0.6 is 0 Å². The van der Waals surface area contributed by atoms with Gasteiger partial charge in [-0.15, -0.1) is 0 Å². The average Bonchev–Trinajstić information content (AvgIpc) is 2.50. The van der Waals surface area contributed by atoms with Gasteiger partial charge in [-0.2, -0.15) is 0 Å². The van der Waals surface area contributed by atoms with E-state index >= 15 is 0 Å². The zero-order valence-electron chi connectivity index (χ0n) is 13.6. The lowest BCUT2D eigenvalue weighted by Crippen LogP contribution is -2.33. The fourth-order valence-electron chi connectivity index (χ4n) is 1.81. The van der Waals surface area contributed by atoms with E-state index in [2.05, 4.69) is 13.8 Å². The van der Waals surface area contributed by atoms with Gasteiger partial charge in [0.1, 0.15) is 13.2 Å². The van der Waals surface area contributed by atoms with Crippen molar-refractivity contribution < 1.29 is 19.1 Å². The van der Waals surface area contributed by atoms with Crippen molar-refractivity contribution in [2.45, 2.75) is 33.3 Å². The fourth-order valence-corrected chi connectivity index (χ4v) is 1.81. The number of likely N-dealkylation sites (N-methyl/N-ethyl adjacent to an activating group) is 1. The van der Waals surface area contributed by atoms with E-state index < -0.39 is 12.1 Å². The molecule has 122 valence electrons. The van der Waals surface area contributed by atoms with Crippen LogP contribution in [-0.4, -0.2) is 37.2 Å². The van der Waals surface area contributed by atoms with Crippen LogP contribution in [0.1, 0.15) is 32.3 Å². The molecule has 0 radical (unpaired) electrons. The van der Waals surface area contributed by atoms with Gasteiger partial charge in [-0.3, -0.25) is 4.79 Å². The predicted molar refractivity (Wildman–Crippen MR) is 84.3 cm³/mol. The molecule has 0 atom stereocenters. The third kappa shape index (κ3) is 7.67. The second-order valence-electron chi connectivity index (χ2n) is 5.65. The van der Waals surface area contributed by atoms with Crippen molar-refractivity contribution in [3.63, 3.8) is 0 Å². The molecule has 1 amide bonds. The molecule has 0 spiro atoms. The zero-order chi connectivity index (χ0) is 16.4. The Balaban J connectivity index is 2.21. The summed E-state index contributed by atoms with van der Waals surface area (Å²) in [4.78, 5) is 24.6. The molecule has 1 rings (SSSR count). The van der Waals surface area contributed by atoms with Gasteiger partial charge in [-0.1, -0.05) is 44.2 Å². The molecule has 0 fully saturated rings. The molecule has 0 N–H and O–H groups in total. The number of ether oxygens (including phenoxy) is 2. The van der Waals surface area contributed by atoms with Crippen molar-refractivity contribution in [1.82, 2.24) is 4.90 Å². The largest absolute Gasteiger partial charge is 0.464 e. The molecule has 0 unspecified atom stereocenters. The number of hydrogen-bond acceptors (Lipinski definition) is 4. The maximum absolute atomic E-state index is 11.8. The molecular formula is C17H25NO4. The first-order valence-corrected chi connectivity index (χ1v) is 7.56. The highest BCUT2D eigenvalue weighted by Gasteiger charge is 2.15. The van der Waals surface area contributed by atoms with Gasteiger partial charge < -0.3 is 14.4 Å². The van der Waals surface area contributed by atoms with Crippen LogP contribution < -0.4 is 0 Å². The van der Waals surface area contributed by atoms with E-state index in [9.17, 15) is 9.59 Å². The Kier molecular flexibility index (Phi) is 8.04. The fraction of sp³-hybridized carbons (Fsp3) is 0.529. The third-order valence-electron chi connectivity index (χ3n) is 3.07. The van der Waals surface area contributed by atoms with Crippen molar-refractivity contribution >= 4 is 12.1 Å². The summed E-state index contributed by atoms with van der Waals surface area (Å²) in [5, 5.41) is 0. The van der Waals surface area contributed by atoms with E-state index in [1.165, 1.54) is 11.9 Å². The number of benzene rings is 1.